The SMILES string of the molecule is CC(C)OCCOC(C)(C)COC(C)C. The van der Waals surface area contributed by atoms with E-state index in [1.54, 1.807) is 0 Å². The van der Waals surface area contributed by atoms with Crippen LogP contribution in [0.15, 0.2) is 0 Å². The van der Waals surface area contributed by atoms with E-state index in [9.17, 15) is 0 Å². The maximum absolute atomic E-state index is 5.68. The van der Waals surface area contributed by atoms with Gasteiger partial charge in [-0.05, 0) is 41.5 Å². The van der Waals surface area contributed by atoms with E-state index < -0.39 is 0 Å². The van der Waals surface area contributed by atoms with Crippen molar-refractivity contribution in [3.63, 3.8) is 0 Å². The molecule has 0 aromatic carbocycles. The molecule has 0 saturated heterocycles. The van der Waals surface area contributed by atoms with Crippen molar-refractivity contribution in [1.29, 1.82) is 0 Å². The van der Waals surface area contributed by atoms with E-state index in [0.29, 0.717) is 19.8 Å². The van der Waals surface area contributed by atoms with Gasteiger partial charge in [0.1, 0.15) is 0 Å². The summed E-state index contributed by atoms with van der Waals surface area (Å²) in [5.41, 5.74) is -0.232. The van der Waals surface area contributed by atoms with Crippen LogP contribution in [0.1, 0.15) is 41.5 Å². The zero-order chi connectivity index (χ0) is 11.9. The molecular weight excluding hydrogens is 192 g/mol. The third-order valence-corrected chi connectivity index (χ3v) is 1.79. The highest BCUT2D eigenvalue weighted by molar-refractivity contribution is 4.67. The van der Waals surface area contributed by atoms with Crippen molar-refractivity contribution in [1.82, 2.24) is 0 Å². The van der Waals surface area contributed by atoms with Crippen LogP contribution in [0, 0.1) is 0 Å². The molecule has 0 rings (SSSR count). The second kappa shape index (κ2) is 7.20. The first kappa shape index (κ1) is 14.9. The summed E-state index contributed by atoms with van der Waals surface area (Å²) in [6, 6.07) is 0. The van der Waals surface area contributed by atoms with Gasteiger partial charge in [-0.2, -0.15) is 0 Å². The minimum Gasteiger partial charge on any atom is -0.376 e. The molecule has 92 valence electrons. The van der Waals surface area contributed by atoms with E-state index >= 15 is 0 Å². The van der Waals surface area contributed by atoms with E-state index in [1.807, 2.05) is 41.5 Å². The topological polar surface area (TPSA) is 27.7 Å². The maximum atomic E-state index is 5.68. The van der Waals surface area contributed by atoms with Crippen LogP contribution in [0.5, 0.6) is 0 Å². The van der Waals surface area contributed by atoms with Crippen LogP contribution in [0.3, 0.4) is 0 Å². The Labute approximate surface area is 94.1 Å². The average molecular weight is 218 g/mol. The molecule has 3 nitrogen and oxygen atoms in total. The first-order chi connectivity index (χ1) is 6.83. The van der Waals surface area contributed by atoms with Crippen molar-refractivity contribution >= 4 is 0 Å². The Balaban J connectivity index is 3.55. The predicted molar refractivity (Wildman–Crippen MR) is 62.2 cm³/mol. The fraction of sp³-hybridized carbons (Fsp3) is 1.00. The molecular formula is C12H26O3. The first-order valence-electron chi connectivity index (χ1n) is 5.70. The summed E-state index contributed by atoms with van der Waals surface area (Å²) >= 11 is 0. The van der Waals surface area contributed by atoms with E-state index in [2.05, 4.69) is 0 Å². The minimum absolute atomic E-state index is 0.232. The summed E-state index contributed by atoms with van der Waals surface area (Å²) in [6.07, 6.45) is 0.517. The third-order valence-electron chi connectivity index (χ3n) is 1.79. The molecule has 0 radical (unpaired) electrons. The lowest BCUT2D eigenvalue weighted by Gasteiger charge is -2.26. The number of hydrogen-bond donors (Lipinski definition) is 0. The van der Waals surface area contributed by atoms with Gasteiger partial charge in [0.25, 0.3) is 0 Å². The standard InChI is InChI=1S/C12H26O3/c1-10(2)13-7-8-15-12(5,6)9-14-11(3)4/h10-11H,7-9H2,1-6H3. The number of rotatable bonds is 8. The van der Waals surface area contributed by atoms with Gasteiger partial charge in [-0.15, -0.1) is 0 Å². The lowest BCUT2D eigenvalue weighted by Crippen LogP contribution is -2.33. The molecule has 0 aromatic heterocycles. The Morgan fingerprint density at radius 1 is 0.867 bits per heavy atom. The highest BCUT2D eigenvalue weighted by atomic mass is 16.6. The fourth-order valence-corrected chi connectivity index (χ4v) is 1.01. The average Bonchev–Trinajstić information content (AvgIpc) is 2.09. The summed E-state index contributed by atoms with van der Waals surface area (Å²) in [6.45, 7) is 14.0. The molecule has 0 aliphatic rings. The molecule has 0 heterocycles. The van der Waals surface area contributed by atoms with Gasteiger partial charge in [0.15, 0.2) is 0 Å². The lowest BCUT2D eigenvalue weighted by molar-refractivity contribution is -0.104. The predicted octanol–water partition coefficient (Wildman–Crippen LogP) is 2.63. The molecule has 0 amide bonds. The summed E-state index contributed by atoms with van der Waals surface area (Å²) in [7, 11) is 0. The van der Waals surface area contributed by atoms with Gasteiger partial charge in [0.05, 0.1) is 37.6 Å². The molecule has 0 atom stereocenters. The number of hydrogen-bond acceptors (Lipinski definition) is 3. The fourth-order valence-electron chi connectivity index (χ4n) is 1.01. The van der Waals surface area contributed by atoms with Crippen molar-refractivity contribution in [3.8, 4) is 0 Å². The van der Waals surface area contributed by atoms with Crippen LogP contribution in [0.4, 0.5) is 0 Å². The molecule has 0 saturated carbocycles. The molecule has 0 aromatic rings. The van der Waals surface area contributed by atoms with Crippen molar-refractivity contribution in [3.05, 3.63) is 0 Å². The highest BCUT2D eigenvalue weighted by Crippen LogP contribution is 2.10. The second-order valence-electron chi connectivity index (χ2n) is 4.89. The Morgan fingerprint density at radius 2 is 1.40 bits per heavy atom. The van der Waals surface area contributed by atoms with Gasteiger partial charge in [-0.25, -0.2) is 0 Å². The Hall–Kier alpha value is -0.120. The van der Waals surface area contributed by atoms with Gasteiger partial charge in [-0.1, -0.05) is 0 Å². The van der Waals surface area contributed by atoms with E-state index in [1.165, 1.54) is 0 Å². The largest absolute Gasteiger partial charge is 0.376 e. The van der Waals surface area contributed by atoms with Gasteiger partial charge < -0.3 is 14.2 Å². The van der Waals surface area contributed by atoms with Crippen molar-refractivity contribution in [2.24, 2.45) is 0 Å². The van der Waals surface area contributed by atoms with Crippen molar-refractivity contribution < 1.29 is 14.2 Å². The van der Waals surface area contributed by atoms with Crippen LogP contribution in [0.25, 0.3) is 0 Å². The first-order valence-corrected chi connectivity index (χ1v) is 5.70. The van der Waals surface area contributed by atoms with Gasteiger partial charge >= 0.3 is 0 Å². The molecule has 3 heteroatoms. The Morgan fingerprint density at radius 3 is 1.87 bits per heavy atom. The van der Waals surface area contributed by atoms with Gasteiger partial charge in [0, 0.05) is 0 Å². The van der Waals surface area contributed by atoms with E-state index in [-0.39, 0.29) is 17.8 Å². The molecule has 0 bridgehead atoms. The van der Waals surface area contributed by atoms with Crippen molar-refractivity contribution in [2.75, 3.05) is 19.8 Å². The van der Waals surface area contributed by atoms with E-state index in [4.69, 9.17) is 14.2 Å². The number of ether oxygens (including phenoxy) is 3. The highest BCUT2D eigenvalue weighted by Gasteiger charge is 2.19. The minimum atomic E-state index is -0.232. The molecule has 0 N–H and O–H groups in total. The molecule has 0 fully saturated rings. The molecule has 0 aliphatic heterocycles. The molecule has 0 spiro atoms. The zero-order valence-electron chi connectivity index (χ0n) is 11.0. The van der Waals surface area contributed by atoms with Crippen molar-refractivity contribution in [2.45, 2.75) is 59.4 Å². The molecule has 0 unspecified atom stereocenters. The van der Waals surface area contributed by atoms with Crippen LogP contribution in [-0.4, -0.2) is 37.6 Å². The third kappa shape index (κ3) is 10.2. The lowest BCUT2D eigenvalue weighted by atomic mass is 10.1. The second-order valence-corrected chi connectivity index (χ2v) is 4.89. The molecule has 0 aliphatic carbocycles. The normalized spacial score (nSPS) is 12.8. The Bertz CT molecular complexity index is 153. The van der Waals surface area contributed by atoms with Gasteiger partial charge in [0.2, 0.25) is 0 Å². The Kier molecular flexibility index (Phi) is 7.14. The van der Waals surface area contributed by atoms with Gasteiger partial charge in [-0.3, -0.25) is 0 Å². The van der Waals surface area contributed by atoms with Crippen LogP contribution in [-0.2, 0) is 14.2 Å². The smallest absolute Gasteiger partial charge is 0.0860 e. The maximum Gasteiger partial charge on any atom is 0.0860 e. The monoisotopic (exact) mass is 218 g/mol. The summed E-state index contributed by atoms with van der Waals surface area (Å²) in [4.78, 5) is 0. The quantitative estimate of drug-likeness (QED) is 0.586. The summed E-state index contributed by atoms with van der Waals surface area (Å²) < 4.78 is 16.6. The molecule has 15 heavy (non-hydrogen) atoms. The van der Waals surface area contributed by atoms with E-state index in [0.717, 1.165) is 0 Å². The summed E-state index contributed by atoms with van der Waals surface area (Å²) in [5.74, 6) is 0. The van der Waals surface area contributed by atoms with Crippen LogP contribution >= 0.6 is 0 Å². The van der Waals surface area contributed by atoms with Crippen LogP contribution < -0.4 is 0 Å². The zero-order valence-corrected chi connectivity index (χ0v) is 11.0. The summed E-state index contributed by atoms with van der Waals surface area (Å²) in [5, 5.41) is 0. The van der Waals surface area contributed by atoms with Crippen LogP contribution in [0.2, 0.25) is 0 Å².